The van der Waals surface area contributed by atoms with Crippen molar-refractivity contribution in [1.82, 2.24) is 19.5 Å². The van der Waals surface area contributed by atoms with E-state index in [1.165, 1.54) is 32.3 Å². The molecular formula is C45H28N4. The number of hydrogen-bond donors (Lipinski definition) is 0. The van der Waals surface area contributed by atoms with E-state index in [2.05, 4.69) is 156 Å². The van der Waals surface area contributed by atoms with Crippen LogP contribution in [0.1, 0.15) is 0 Å². The second-order valence-electron chi connectivity index (χ2n) is 12.4. The van der Waals surface area contributed by atoms with Crippen molar-refractivity contribution >= 4 is 54.1 Å². The first-order valence-electron chi connectivity index (χ1n) is 16.5. The summed E-state index contributed by atoms with van der Waals surface area (Å²) < 4.78 is 2.36. The van der Waals surface area contributed by atoms with Crippen LogP contribution in [-0.2, 0) is 0 Å². The van der Waals surface area contributed by atoms with Gasteiger partial charge in [0.25, 0.3) is 0 Å². The minimum atomic E-state index is 0.628. The fraction of sp³-hybridized carbons (Fsp3) is 0. The van der Waals surface area contributed by atoms with E-state index >= 15 is 0 Å². The molecule has 4 nitrogen and oxygen atoms in total. The molecule has 0 bridgehead atoms. The fourth-order valence-electron chi connectivity index (χ4n) is 7.34. The lowest BCUT2D eigenvalue weighted by Gasteiger charge is -2.15. The molecule has 0 N–H and O–H groups in total. The van der Waals surface area contributed by atoms with Gasteiger partial charge < -0.3 is 4.57 Å². The molecule has 0 saturated heterocycles. The van der Waals surface area contributed by atoms with Crippen LogP contribution in [0.5, 0.6) is 0 Å². The zero-order valence-corrected chi connectivity index (χ0v) is 26.5. The van der Waals surface area contributed by atoms with Crippen LogP contribution in [0.25, 0.3) is 94.0 Å². The van der Waals surface area contributed by atoms with Gasteiger partial charge in [-0.2, -0.15) is 0 Å². The number of fused-ring (bicyclic) bond motifs is 7. The molecule has 0 aliphatic heterocycles. The zero-order valence-electron chi connectivity index (χ0n) is 26.5. The van der Waals surface area contributed by atoms with Crippen molar-refractivity contribution in [3.8, 4) is 39.9 Å². The Labute approximate surface area is 282 Å². The molecule has 0 amide bonds. The zero-order chi connectivity index (χ0) is 32.3. The topological polar surface area (TPSA) is 43.6 Å². The van der Waals surface area contributed by atoms with E-state index in [9.17, 15) is 0 Å². The highest BCUT2D eigenvalue weighted by Gasteiger charge is 2.20. The Morgan fingerprint density at radius 2 is 0.898 bits per heavy atom. The van der Waals surface area contributed by atoms with Crippen molar-refractivity contribution in [3.63, 3.8) is 0 Å². The Balaban J connectivity index is 1.28. The number of rotatable bonds is 4. The largest absolute Gasteiger partial charge is 0.308 e. The third-order valence-corrected chi connectivity index (χ3v) is 9.60. The molecule has 0 atom stereocenters. The normalized spacial score (nSPS) is 11.7. The summed E-state index contributed by atoms with van der Waals surface area (Å²) in [6.45, 7) is 0. The van der Waals surface area contributed by atoms with E-state index in [1.54, 1.807) is 0 Å². The van der Waals surface area contributed by atoms with Gasteiger partial charge >= 0.3 is 0 Å². The Morgan fingerprint density at radius 1 is 0.327 bits per heavy atom. The number of para-hydroxylation sites is 2. The first-order valence-corrected chi connectivity index (χ1v) is 16.5. The lowest BCUT2D eigenvalue weighted by molar-refractivity contribution is 1.07. The maximum Gasteiger partial charge on any atom is 0.166 e. The lowest BCUT2D eigenvalue weighted by Crippen LogP contribution is -2.04. The van der Waals surface area contributed by atoms with Crippen LogP contribution >= 0.6 is 0 Å². The van der Waals surface area contributed by atoms with E-state index in [0.29, 0.717) is 17.5 Å². The summed E-state index contributed by atoms with van der Waals surface area (Å²) in [7, 11) is 0. The van der Waals surface area contributed by atoms with Crippen molar-refractivity contribution in [3.05, 3.63) is 170 Å². The molecule has 10 aromatic rings. The van der Waals surface area contributed by atoms with E-state index in [4.69, 9.17) is 15.0 Å². The summed E-state index contributed by atoms with van der Waals surface area (Å²) in [5.74, 6) is 1.91. The first-order chi connectivity index (χ1) is 24.3. The summed E-state index contributed by atoms with van der Waals surface area (Å²) in [4.78, 5) is 15.6. The molecule has 0 aliphatic rings. The van der Waals surface area contributed by atoms with E-state index in [1.807, 2.05) is 18.2 Å². The van der Waals surface area contributed by atoms with Gasteiger partial charge in [0.2, 0.25) is 0 Å². The first kappa shape index (κ1) is 27.5. The predicted octanol–water partition coefficient (Wildman–Crippen LogP) is 11.4. The molecule has 0 spiro atoms. The van der Waals surface area contributed by atoms with E-state index < -0.39 is 0 Å². The van der Waals surface area contributed by atoms with Crippen LogP contribution in [0.3, 0.4) is 0 Å². The highest BCUT2D eigenvalue weighted by Crippen LogP contribution is 2.39. The second kappa shape index (κ2) is 11.0. The van der Waals surface area contributed by atoms with Gasteiger partial charge in [-0.05, 0) is 68.7 Å². The number of benzene rings is 8. The summed E-state index contributed by atoms with van der Waals surface area (Å²) in [6, 6.07) is 59.7. The van der Waals surface area contributed by atoms with Gasteiger partial charge in [-0.3, -0.25) is 0 Å². The van der Waals surface area contributed by atoms with Gasteiger partial charge in [-0.15, -0.1) is 0 Å². The van der Waals surface area contributed by atoms with Crippen LogP contribution in [0.15, 0.2) is 170 Å². The number of hydrogen-bond acceptors (Lipinski definition) is 3. The Kier molecular flexibility index (Phi) is 6.15. The molecular weight excluding hydrogens is 597 g/mol. The summed E-state index contributed by atoms with van der Waals surface area (Å²) in [5, 5.41) is 9.50. The van der Waals surface area contributed by atoms with Crippen LogP contribution in [0, 0.1) is 0 Å². The lowest BCUT2D eigenvalue weighted by atomic mass is 9.97. The second-order valence-corrected chi connectivity index (χ2v) is 12.4. The molecule has 2 heterocycles. The molecule has 228 valence electrons. The summed E-state index contributed by atoms with van der Waals surface area (Å²) in [6.07, 6.45) is 0. The summed E-state index contributed by atoms with van der Waals surface area (Å²) in [5.41, 5.74) is 6.16. The highest BCUT2D eigenvalue weighted by molar-refractivity contribution is 6.15. The van der Waals surface area contributed by atoms with E-state index in [0.717, 1.165) is 44.2 Å². The average molecular weight is 625 g/mol. The minimum Gasteiger partial charge on any atom is -0.308 e. The monoisotopic (exact) mass is 624 g/mol. The molecule has 8 aromatic carbocycles. The van der Waals surface area contributed by atoms with Gasteiger partial charge in [0.15, 0.2) is 17.5 Å². The third-order valence-electron chi connectivity index (χ3n) is 9.60. The molecule has 2 aromatic heterocycles. The SMILES string of the molecule is c1ccc(-c2nc(-c3ccccc3-n3c4ccccc4c4cc5ccccc5cc43)nc(-c3cc4ccccc4c4ccccc34)n2)cc1. The van der Waals surface area contributed by atoms with Crippen LogP contribution in [0.4, 0.5) is 0 Å². The van der Waals surface area contributed by atoms with Crippen molar-refractivity contribution < 1.29 is 0 Å². The number of aromatic nitrogens is 4. The minimum absolute atomic E-state index is 0.628. The van der Waals surface area contributed by atoms with Crippen molar-refractivity contribution in [2.75, 3.05) is 0 Å². The Hall–Kier alpha value is -6.65. The van der Waals surface area contributed by atoms with Crippen molar-refractivity contribution in [2.45, 2.75) is 0 Å². The standard InChI is InChI=1S/C45H28N4/c1-2-14-29(15-3-1)43-46-44(48-45(47-43)39-27-32-18-6-7-19-33(32)34-20-8-9-21-35(34)39)37-23-11-13-25-41(37)49-40-24-12-10-22-36(40)38-26-30-16-4-5-17-31(30)28-42(38)49/h1-28H. The average Bonchev–Trinajstić information content (AvgIpc) is 3.49. The van der Waals surface area contributed by atoms with E-state index in [-0.39, 0.29) is 0 Å². The quantitative estimate of drug-likeness (QED) is 0.183. The predicted molar refractivity (Wildman–Crippen MR) is 203 cm³/mol. The fourth-order valence-corrected chi connectivity index (χ4v) is 7.34. The molecule has 0 unspecified atom stereocenters. The van der Waals surface area contributed by atoms with Crippen LogP contribution in [0.2, 0.25) is 0 Å². The Bertz CT molecular complexity index is 2890. The molecule has 0 saturated carbocycles. The van der Waals surface area contributed by atoms with Gasteiger partial charge in [0, 0.05) is 27.5 Å². The highest BCUT2D eigenvalue weighted by atomic mass is 15.1. The maximum absolute atomic E-state index is 5.30. The molecule has 0 fully saturated rings. The van der Waals surface area contributed by atoms with Crippen molar-refractivity contribution in [2.24, 2.45) is 0 Å². The molecule has 0 aliphatic carbocycles. The van der Waals surface area contributed by atoms with Crippen LogP contribution < -0.4 is 0 Å². The third kappa shape index (κ3) is 4.42. The summed E-state index contributed by atoms with van der Waals surface area (Å²) >= 11 is 0. The van der Waals surface area contributed by atoms with Gasteiger partial charge in [0.1, 0.15) is 0 Å². The number of nitrogens with zero attached hydrogens (tertiary/aromatic N) is 4. The smallest absolute Gasteiger partial charge is 0.166 e. The van der Waals surface area contributed by atoms with Gasteiger partial charge in [-0.25, -0.2) is 15.0 Å². The molecule has 10 rings (SSSR count). The maximum atomic E-state index is 5.30. The van der Waals surface area contributed by atoms with Crippen LogP contribution in [-0.4, -0.2) is 19.5 Å². The van der Waals surface area contributed by atoms with Crippen molar-refractivity contribution in [1.29, 1.82) is 0 Å². The van der Waals surface area contributed by atoms with Gasteiger partial charge in [0.05, 0.1) is 16.7 Å². The molecule has 4 heteroatoms. The van der Waals surface area contributed by atoms with Gasteiger partial charge in [-0.1, -0.05) is 133 Å². The molecule has 49 heavy (non-hydrogen) atoms. The molecule has 0 radical (unpaired) electrons. The Morgan fingerprint density at radius 3 is 1.71 bits per heavy atom.